The molecule has 0 aliphatic rings. The lowest BCUT2D eigenvalue weighted by atomic mass is 10.0. The molecule has 0 saturated heterocycles. The summed E-state index contributed by atoms with van der Waals surface area (Å²) in [7, 11) is 0. The molecule has 0 aliphatic heterocycles. The van der Waals surface area contributed by atoms with Crippen LogP contribution in [-0.4, -0.2) is 34.9 Å². The zero-order valence-electron chi connectivity index (χ0n) is 53.3. The Balaban J connectivity index is 3.49. The normalized spacial score (nSPS) is 13.4. The Kier molecular flexibility index (Phi) is 67.7. The van der Waals surface area contributed by atoms with E-state index in [2.05, 4.69) is 116 Å². The molecule has 80 heavy (non-hydrogen) atoms. The summed E-state index contributed by atoms with van der Waals surface area (Å²) in [5.41, 5.74) is 0. The van der Waals surface area contributed by atoms with Gasteiger partial charge in [0.1, 0.15) is 0 Å². The Labute approximate surface area is 499 Å². The van der Waals surface area contributed by atoms with Gasteiger partial charge in [0.15, 0.2) is 0 Å². The van der Waals surface area contributed by atoms with Crippen LogP contribution in [0, 0.1) is 0 Å². The number of aliphatic hydroxyl groups is 2. The zero-order chi connectivity index (χ0) is 57.6. The van der Waals surface area contributed by atoms with Crippen LogP contribution in [0.5, 0.6) is 0 Å². The Bertz CT molecular complexity index is 1490. The molecular formula is C76H135NO3. The maximum Gasteiger partial charge on any atom is 0.220 e. The summed E-state index contributed by atoms with van der Waals surface area (Å²) in [6, 6.07) is -0.651. The van der Waals surface area contributed by atoms with Gasteiger partial charge in [0.05, 0.1) is 18.8 Å². The molecule has 0 aromatic heterocycles. The van der Waals surface area contributed by atoms with Gasteiger partial charge in [-0.25, -0.2) is 0 Å². The number of unbranched alkanes of at least 4 members (excludes halogenated alkanes) is 41. The highest BCUT2D eigenvalue weighted by Crippen LogP contribution is 2.18. The molecule has 0 aromatic rings. The fraction of sp³-hybridized carbons (Fsp3) is 0.750. The van der Waals surface area contributed by atoms with Gasteiger partial charge in [0.2, 0.25) is 5.91 Å². The van der Waals surface area contributed by atoms with Gasteiger partial charge in [-0.3, -0.25) is 4.79 Å². The van der Waals surface area contributed by atoms with E-state index < -0.39 is 12.1 Å². The van der Waals surface area contributed by atoms with Crippen molar-refractivity contribution in [3.8, 4) is 0 Å². The molecule has 0 heterocycles. The van der Waals surface area contributed by atoms with Crippen molar-refractivity contribution in [2.45, 2.75) is 360 Å². The van der Waals surface area contributed by atoms with Gasteiger partial charge in [0.25, 0.3) is 0 Å². The minimum absolute atomic E-state index is 0.0746. The van der Waals surface area contributed by atoms with E-state index in [9.17, 15) is 15.0 Å². The number of hydrogen-bond donors (Lipinski definition) is 3. The molecule has 0 fully saturated rings. The summed E-state index contributed by atoms with van der Waals surface area (Å²) in [6.45, 7) is 4.21. The second kappa shape index (κ2) is 70.3. The van der Waals surface area contributed by atoms with E-state index in [1.54, 1.807) is 6.08 Å². The number of hydrogen-bond acceptors (Lipinski definition) is 3. The van der Waals surface area contributed by atoms with Crippen LogP contribution in [0.1, 0.15) is 348 Å². The van der Waals surface area contributed by atoms with Gasteiger partial charge in [-0.2, -0.15) is 0 Å². The minimum atomic E-state index is -0.875. The highest BCUT2D eigenvalue weighted by Gasteiger charge is 2.18. The molecule has 2 unspecified atom stereocenters. The van der Waals surface area contributed by atoms with Crippen LogP contribution in [0.3, 0.4) is 0 Å². The lowest BCUT2D eigenvalue weighted by molar-refractivity contribution is -0.123. The molecule has 0 radical (unpaired) electrons. The Morgan fingerprint density at radius 2 is 0.562 bits per heavy atom. The second-order valence-corrected chi connectivity index (χ2v) is 23.6. The zero-order valence-corrected chi connectivity index (χ0v) is 53.3. The molecule has 0 rings (SSSR count). The number of rotatable bonds is 64. The van der Waals surface area contributed by atoms with Gasteiger partial charge in [-0.15, -0.1) is 0 Å². The molecular weight excluding hydrogens is 975 g/mol. The molecule has 0 saturated carbocycles. The summed E-state index contributed by atoms with van der Waals surface area (Å²) in [4.78, 5) is 12.5. The van der Waals surface area contributed by atoms with Gasteiger partial charge in [-0.1, -0.05) is 354 Å². The maximum absolute atomic E-state index is 12.5. The first-order valence-electron chi connectivity index (χ1n) is 35.1. The lowest BCUT2D eigenvalue weighted by Gasteiger charge is -2.19. The average molecular weight is 1110 g/mol. The van der Waals surface area contributed by atoms with Crippen molar-refractivity contribution >= 4 is 5.91 Å². The van der Waals surface area contributed by atoms with E-state index >= 15 is 0 Å². The third-order valence-electron chi connectivity index (χ3n) is 15.7. The standard InChI is InChI=1S/C76H135NO3/c1-3-5-7-9-11-13-15-17-19-21-23-25-27-29-31-32-33-34-35-36-37-38-39-40-41-42-43-44-46-48-50-52-54-56-58-60-62-64-66-68-70-72-76(80)77-74(73-78)75(79)71-69-67-65-63-61-59-57-55-53-51-49-47-45-30-28-26-24-22-20-18-16-14-12-10-8-6-4-2/h5,7,11,13,17,19,23,25,29,31,33-34,53,55,61,63,69,71,74-75,78-79H,3-4,6,8-10,12,14-16,18,20-22,24,26-28,30,32,35-52,54,56-60,62,64-68,70,72-73H2,1-2H3,(H,77,80)/b7-5-,13-11-,19-17-,25-23-,31-29-,34-33-,55-53+,63-61+,71-69+. The van der Waals surface area contributed by atoms with Crippen LogP contribution >= 0.6 is 0 Å². The van der Waals surface area contributed by atoms with Gasteiger partial charge < -0.3 is 15.5 Å². The number of carbonyl (C=O) groups excluding carboxylic acids is 1. The van der Waals surface area contributed by atoms with Gasteiger partial charge >= 0.3 is 0 Å². The smallest absolute Gasteiger partial charge is 0.220 e. The second-order valence-electron chi connectivity index (χ2n) is 23.6. The van der Waals surface area contributed by atoms with Crippen LogP contribution in [0.25, 0.3) is 0 Å². The first-order valence-corrected chi connectivity index (χ1v) is 35.1. The molecule has 0 bridgehead atoms. The quantitative estimate of drug-likeness (QED) is 0.0420. The van der Waals surface area contributed by atoms with Crippen molar-refractivity contribution in [3.05, 3.63) is 109 Å². The SMILES string of the molecule is CC/C=C\C/C=C\C/C=C\C/C=C\C/C=C\C/C=C\CCCCCCCCCCCCCCCCCCCCCCCCC(=O)NC(CO)C(O)/C=C/CC/C=C/CC/C=C/CCCCCCCCCCCCCCCCCCC. The summed E-state index contributed by atoms with van der Waals surface area (Å²) in [6.07, 6.45) is 106. The fourth-order valence-electron chi connectivity index (χ4n) is 10.5. The maximum atomic E-state index is 12.5. The molecule has 2 atom stereocenters. The van der Waals surface area contributed by atoms with E-state index in [-0.39, 0.29) is 12.5 Å². The molecule has 3 N–H and O–H groups in total. The molecule has 462 valence electrons. The topological polar surface area (TPSA) is 69.6 Å². The lowest BCUT2D eigenvalue weighted by Crippen LogP contribution is -2.45. The largest absolute Gasteiger partial charge is 0.394 e. The van der Waals surface area contributed by atoms with Crippen LogP contribution < -0.4 is 5.32 Å². The number of amides is 1. The van der Waals surface area contributed by atoms with Crippen molar-refractivity contribution in [1.29, 1.82) is 0 Å². The first kappa shape index (κ1) is 77.0. The number of allylic oxidation sites excluding steroid dienone is 17. The molecule has 1 amide bonds. The predicted octanol–water partition coefficient (Wildman–Crippen LogP) is 24.2. The highest BCUT2D eigenvalue weighted by molar-refractivity contribution is 5.76. The van der Waals surface area contributed by atoms with Crippen molar-refractivity contribution in [1.82, 2.24) is 5.32 Å². The summed E-state index contributed by atoms with van der Waals surface area (Å²) < 4.78 is 0. The monoisotopic (exact) mass is 1110 g/mol. The molecule has 4 nitrogen and oxygen atoms in total. The molecule has 0 aromatic carbocycles. The minimum Gasteiger partial charge on any atom is -0.394 e. The van der Waals surface area contributed by atoms with Crippen LogP contribution in [0.2, 0.25) is 0 Å². The average Bonchev–Trinajstić information content (AvgIpc) is 3.46. The van der Waals surface area contributed by atoms with E-state index in [1.165, 1.54) is 250 Å². The van der Waals surface area contributed by atoms with E-state index in [1.807, 2.05) is 6.08 Å². The molecule has 4 heteroatoms. The molecule has 0 aliphatic carbocycles. The third-order valence-corrected chi connectivity index (χ3v) is 15.7. The fourth-order valence-corrected chi connectivity index (χ4v) is 10.5. The number of carbonyl (C=O) groups is 1. The number of aliphatic hydroxyl groups excluding tert-OH is 2. The van der Waals surface area contributed by atoms with Crippen molar-refractivity contribution in [3.63, 3.8) is 0 Å². The van der Waals surface area contributed by atoms with Gasteiger partial charge in [0, 0.05) is 6.42 Å². The third kappa shape index (κ3) is 65.9. The highest BCUT2D eigenvalue weighted by atomic mass is 16.3. The van der Waals surface area contributed by atoms with Gasteiger partial charge in [-0.05, 0) is 96.3 Å². The molecule has 0 spiro atoms. The van der Waals surface area contributed by atoms with Crippen LogP contribution in [0.4, 0.5) is 0 Å². The Morgan fingerprint density at radius 1 is 0.312 bits per heavy atom. The first-order chi connectivity index (χ1) is 39.7. The Morgan fingerprint density at radius 3 is 0.875 bits per heavy atom. The summed E-state index contributed by atoms with van der Waals surface area (Å²) in [5.74, 6) is -0.0746. The summed E-state index contributed by atoms with van der Waals surface area (Å²) in [5, 5.41) is 23.3. The van der Waals surface area contributed by atoms with Crippen LogP contribution in [-0.2, 0) is 4.79 Å². The Hall–Kier alpha value is -2.95. The van der Waals surface area contributed by atoms with E-state index in [0.717, 1.165) is 77.0 Å². The van der Waals surface area contributed by atoms with E-state index in [4.69, 9.17) is 0 Å². The van der Waals surface area contributed by atoms with E-state index in [0.29, 0.717) is 6.42 Å². The predicted molar refractivity (Wildman–Crippen MR) is 359 cm³/mol. The number of nitrogens with one attached hydrogen (secondary N) is 1. The summed E-state index contributed by atoms with van der Waals surface area (Å²) >= 11 is 0. The van der Waals surface area contributed by atoms with Crippen molar-refractivity contribution in [2.75, 3.05) is 6.61 Å². The van der Waals surface area contributed by atoms with Crippen LogP contribution in [0.15, 0.2) is 109 Å². The van der Waals surface area contributed by atoms with Crippen molar-refractivity contribution in [2.24, 2.45) is 0 Å². The van der Waals surface area contributed by atoms with Crippen molar-refractivity contribution < 1.29 is 15.0 Å².